The maximum Gasteiger partial charge on any atom is 0.240 e. The van der Waals surface area contributed by atoms with Crippen LogP contribution in [0.3, 0.4) is 0 Å². The summed E-state index contributed by atoms with van der Waals surface area (Å²) in [5.74, 6) is -1.82. The molecule has 0 unspecified atom stereocenters. The fraction of sp³-hybridized carbons (Fsp3) is 0.143. The number of hydrogen-bond acceptors (Lipinski definition) is 3. The van der Waals surface area contributed by atoms with E-state index in [1.807, 2.05) is 0 Å². The minimum Gasteiger partial charge on any atom is -0.381 e. The predicted molar refractivity (Wildman–Crippen MR) is 76.4 cm³/mol. The molecule has 0 atom stereocenters. The van der Waals surface area contributed by atoms with E-state index in [1.54, 1.807) is 12.1 Å². The molecule has 0 saturated carbocycles. The van der Waals surface area contributed by atoms with Gasteiger partial charge in [-0.25, -0.2) is 21.9 Å². The lowest BCUT2D eigenvalue weighted by atomic mass is 10.2. The predicted octanol–water partition coefficient (Wildman–Crippen LogP) is 2.49. The first-order valence-corrected chi connectivity index (χ1v) is 7.62. The zero-order valence-electron chi connectivity index (χ0n) is 11.2. The summed E-state index contributed by atoms with van der Waals surface area (Å²) < 4.78 is 51.5. The van der Waals surface area contributed by atoms with Gasteiger partial charge in [0.2, 0.25) is 10.0 Å². The number of hydrogen-bond donors (Lipinski definition) is 2. The van der Waals surface area contributed by atoms with Crippen LogP contribution in [0.1, 0.15) is 5.56 Å². The third-order valence-electron chi connectivity index (χ3n) is 2.89. The lowest BCUT2D eigenvalue weighted by Gasteiger charge is -2.09. The molecule has 2 rings (SSSR count). The van der Waals surface area contributed by atoms with Gasteiger partial charge in [0.05, 0.1) is 4.90 Å². The summed E-state index contributed by atoms with van der Waals surface area (Å²) >= 11 is 0. The van der Waals surface area contributed by atoms with Crippen molar-refractivity contribution >= 4 is 15.7 Å². The van der Waals surface area contributed by atoms with Gasteiger partial charge >= 0.3 is 0 Å². The highest BCUT2D eigenvalue weighted by atomic mass is 32.2. The van der Waals surface area contributed by atoms with Gasteiger partial charge < -0.3 is 5.32 Å². The Kier molecular flexibility index (Phi) is 4.54. The Hall–Kier alpha value is -1.99. The maximum atomic E-state index is 13.1. The molecule has 0 aromatic heterocycles. The van der Waals surface area contributed by atoms with Gasteiger partial charge in [-0.05, 0) is 42.9 Å². The van der Waals surface area contributed by atoms with Crippen LogP contribution in [0.2, 0.25) is 0 Å². The van der Waals surface area contributed by atoms with E-state index in [0.29, 0.717) is 11.3 Å². The van der Waals surface area contributed by atoms with Crippen LogP contribution in [0.15, 0.2) is 47.4 Å². The third-order valence-corrected chi connectivity index (χ3v) is 4.31. The van der Waals surface area contributed by atoms with Crippen LogP contribution in [0.4, 0.5) is 14.5 Å². The van der Waals surface area contributed by atoms with Gasteiger partial charge in [0, 0.05) is 12.2 Å². The van der Waals surface area contributed by atoms with Gasteiger partial charge in [0.15, 0.2) is 11.6 Å². The van der Waals surface area contributed by atoms with Gasteiger partial charge in [-0.3, -0.25) is 0 Å². The first kappa shape index (κ1) is 15.4. The van der Waals surface area contributed by atoms with Crippen LogP contribution in [0, 0.1) is 11.6 Å². The average Bonchev–Trinajstić information content (AvgIpc) is 2.49. The summed E-state index contributed by atoms with van der Waals surface area (Å²) in [6, 6.07) is 9.82. The molecular formula is C14H14F2N2O2S. The quantitative estimate of drug-likeness (QED) is 0.892. The smallest absolute Gasteiger partial charge is 0.240 e. The van der Waals surface area contributed by atoms with Gasteiger partial charge in [-0.15, -0.1) is 0 Å². The van der Waals surface area contributed by atoms with Crippen molar-refractivity contribution in [1.82, 2.24) is 4.72 Å². The van der Waals surface area contributed by atoms with E-state index in [-0.39, 0.29) is 11.4 Å². The monoisotopic (exact) mass is 312 g/mol. The van der Waals surface area contributed by atoms with E-state index < -0.39 is 21.7 Å². The van der Waals surface area contributed by atoms with E-state index in [9.17, 15) is 17.2 Å². The van der Waals surface area contributed by atoms with Crippen molar-refractivity contribution in [2.24, 2.45) is 0 Å². The topological polar surface area (TPSA) is 58.2 Å². The summed E-state index contributed by atoms with van der Waals surface area (Å²) in [5, 5.41) is 2.96. The zero-order valence-corrected chi connectivity index (χ0v) is 12.0. The van der Waals surface area contributed by atoms with Crippen LogP contribution in [0.25, 0.3) is 0 Å². The Morgan fingerprint density at radius 3 is 2.48 bits per heavy atom. The summed E-state index contributed by atoms with van der Waals surface area (Å²) in [6.45, 7) is 0.250. The van der Waals surface area contributed by atoms with E-state index >= 15 is 0 Å². The number of rotatable bonds is 5. The van der Waals surface area contributed by atoms with Crippen molar-refractivity contribution in [3.8, 4) is 0 Å². The SMILES string of the molecule is CNS(=O)(=O)c1cccc(NCc2ccc(F)c(F)c2)c1. The molecule has 0 bridgehead atoms. The van der Waals surface area contributed by atoms with E-state index in [4.69, 9.17) is 0 Å². The normalized spacial score (nSPS) is 11.4. The number of halogens is 2. The van der Waals surface area contributed by atoms with Crippen LogP contribution in [-0.2, 0) is 16.6 Å². The molecule has 0 saturated heterocycles. The van der Waals surface area contributed by atoms with E-state index in [1.165, 1.54) is 25.2 Å². The lowest BCUT2D eigenvalue weighted by Crippen LogP contribution is -2.18. The van der Waals surface area contributed by atoms with Gasteiger partial charge in [0.1, 0.15) is 0 Å². The molecule has 4 nitrogen and oxygen atoms in total. The highest BCUT2D eigenvalue weighted by Gasteiger charge is 2.11. The minimum atomic E-state index is -3.52. The number of benzene rings is 2. The van der Waals surface area contributed by atoms with Crippen molar-refractivity contribution in [3.63, 3.8) is 0 Å². The van der Waals surface area contributed by atoms with E-state index in [2.05, 4.69) is 10.0 Å². The Morgan fingerprint density at radius 1 is 1.05 bits per heavy atom. The second-order valence-corrected chi connectivity index (χ2v) is 6.22. The molecule has 2 aromatic carbocycles. The van der Waals surface area contributed by atoms with Crippen LogP contribution < -0.4 is 10.0 Å². The molecular weight excluding hydrogens is 298 g/mol. The molecule has 2 N–H and O–H groups in total. The largest absolute Gasteiger partial charge is 0.381 e. The van der Waals surface area contributed by atoms with Gasteiger partial charge in [-0.1, -0.05) is 12.1 Å². The average molecular weight is 312 g/mol. The van der Waals surface area contributed by atoms with Crippen LogP contribution in [0.5, 0.6) is 0 Å². The number of anilines is 1. The van der Waals surface area contributed by atoms with Gasteiger partial charge in [0.25, 0.3) is 0 Å². The standard InChI is InChI=1S/C14H14F2N2O2S/c1-17-21(19,20)12-4-2-3-11(8-12)18-9-10-5-6-13(15)14(16)7-10/h2-8,17-18H,9H2,1H3. The van der Waals surface area contributed by atoms with Crippen molar-refractivity contribution in [2.45, 2.75) is 11.4 Å². The minimum absolute atomic E-state index is 0.125. The highest BCUT2D eigenvalue weighted by Crippen LogP contribution is 2.16. The molecule has 2 aromatic rings. The van der Waals surface area contributed by atoms with Crippen LogP contribution in [-0.4, -0.2) is 15.5 Å². The molecule has 21 heavy (non-hydrogen) atoms. The third kappa shape index (κ3) is 3.77. The second kappa shape index (κ2) is 6.19. The van der Waals surface area contributed by atoms with Crippen molar-refractivity contribution in [3.05, 3.63) is 59.7 Å². The molecule has 0 fully saturated rings. The summed E-state index contributed by atoms with van der Waals surface area (Å²) in [5.41, 5.74) is 1.12. The Labute approximate surface area is 121 Å². The number of nitrogens with one attached hydrogen (secondary N) is 2. The summed E-state index contributed by atoms with van der Waals surface area (Å²) in [7, 11) is -2.19. The first-order chi connectivity index (χ1) is 9.92. The summed E-state index contributed by atoms with van der Waals surface area (Å²) in [6.07, 6.45) is 0. The molecule has 0 amide bonds. The Balaban J connectivity index is 2.13. The molecule has 0 radical (unpaired) electrons. The first-order valence-electron chi connectivity index (χ1n) is 6.14. The molecule has 0 aliphatic rings. The van der Waals surface area contributed by atoms with Crippen molar-refractivity contribution in [1.29, 1.82) is 0 Å². The van der Waals surface area contributed by atoms with Crippen LogP contribution >= 0.6 is 0 Å². The molecule has 0 aliphatic carbocycles. The lowest BCUT2D eigenvalue weighted by molar-refractivity contribution is 0.507. The van der Waals surface area contributed by atoms with Crippen molar-refractivity contribution in [2.75, 3.05) is 12.4 Å². The summed E-state index contributed by atoms with van der Waals surface area (Å²) in [4.78, 5) is 0.125. The fourth-order valence-corrected chi connectivity index (χ4v) is 2.52. The molecule has 0 spiro atoms. The Bertz CT molecular complexity index is 748. The number of sulfonamides is 1. The van der Waals surface area contributed by atoms with Gasteiger partial charge in [-0.2, -0.15) is 0 Å². The molecule has 7 heteroatoms. The van der Waals surface area contributed by atoms with E-state index in [0.717, 1.165) is 12.1 Å². The second-order valence-electron chi connectivity index (χ2n) is 4.34. The zero-order chi connectivity index (χ0) is 15.5. The highest BCUT2D eigenvalue weighted by molar-refractivity contribution is 7.89. The fourth-order valence-electron chi connectivity index (χ4n) is 1.74. The molecule has 0 heterocycles. The molecule has 112 valence electrons. The molecule has 0 aliphatic heterocycles. The Morgan fingerprint density at radius 2 is 1.81 bits per heavy atom. The van der Waals surface area contributed by atoms with Crippen molar-refractivity contribution < 1.29 is 17.2 Å². The maximum absolute atomic E-state index is 13.1.